The molecule has 0 bridgehead atoms. The molecule has 2 aromatic heterocycles. The Balaban J connectivity index is 1.49. The summed E-state index contributed by atoms with van der Waals surface area (Å²) in [6.45, 7) is 4.42. The van der Waals surface area contributed by atoms with Gasteiger partial charge in [0.05, 0.1) is 7.11 Å². The Morgan fingerprint density at radius 2 is 2.00 bits per heavy atom. The number of hydrogen-bond donors (Lipinski definition) is 0. The molecule has 2 aromatic carbocycles. The number of piperidine rings is 1. The molecule has 1 atom stereocenters. The summed E-state index contributed by atoms with van der Waals surface area (Å²) in [5, 5.41) is 0.637. The van der Waals surface area contributed by atoms with Crippen molar-refractivity contribution in [2.45, 2.75) is 45.1 Å². The minimum absolute atomic E-state index is 0.0814. The zero-order valence-corrected chi connectivity index (χ0v) is 21.8. The summed E-state index contributed by atoms with van der Waals surface area (Å²) in [5.74, 6) is 0.579. The van der Waals surface area contributed by atoms with Gasteiger partial charge in [-0.25, -0.2) is 14.4 Å². The summed E-state index contributed by atoms with van der Waals surface area (Å²) in [6.07, 6.45) is 4.98. The van der Waals surface area contributed by atoms with Crippen molar-refractivity contribution >= 4 is 17.1 Å². The monoisotopic (exact) mass is 517 g/mol. The van der Waals surface area contributed by atoms with Crippen LogP contribution in [-0.4, -0.2) is 53.7 Å². The number of fused-ring (bicyclic) bond motifs is 1. The summed E-state index contributed by atoms with van der Waals surface area (Å²) in [5.41, 5.74) is 3.32. The SMILES string of the molecule is CCc1ccc(-c2c(-c3ccccc3)oc3ncnc(O[C@@H]4CCCN(CCCC(=O)OC)C4)c23)cc1F. The first kappa shape index (κ1) is 25.9. The van der Waals surface area contributed by atoms with Crippen molar-refractivity contribution in [2.75, 3.05) is 26.7 Å². The number of aryl methyl sites for hydroxylation is 1. The van der Waals surface area contributed by atoms with E-state index in [1.165, 1.54) is 13.4 Å². The first-order valence-electron chi connectivity index (χ1n) is 13.1. The van der Waals surface area contributed by atoms with E-state index in [1.54, 1.807) is 6.07 Å². The second-order valence-electron chi connectivity index (χ2n) is 9.55. The van der Waals surface area contributed by atoms with E-state index in [4.69, 9.17) is 13.9 Å². The van der Waals surface area contributed by atoms with Crippen LogP contribution in [0.15, 0.2) is 59.3 Å². The molecule has 5 rings (SSSR count). The van der Waals surface area contributed by atoms with Gasteiger partial charge in [-0.3, -0.25) is 9.69 Å². The number of likely N-dealkylation sites (tertiary alicyclic amines) is 1. The van der Waals surface area contributed by atoms with Crippen LogP contribution in [0.3, 0.4) is 0 Å². The highest BCUT2D eigenvalue weighted by Gasteiger charge is 2.27. The van der Waals surface area contributed by atoms with Gasteiger partial charge in [0.2, 0.25) is 11.6 Å². The molecule has 0 aliphatic carbocycles. The highest BCUT2D eigenvalue weighted by Crippen LogP contribution is 2.44. The smallest absolute Gasteiger partial charge is 0.305 e. The number of furan rings is 1. The van der Waals surface area contributed by atoms with E-state index < -0.39 is 0 Å². The third-order valence-corrected chi connectivity index (χ3v) is 7.04. The molecule has 0 spiro atoms. The van der Waals surface area contributed by atoms with Gasteiger partial charge in [0, 0.05) is 24.1 Å². The number of nitrogens with zero attached hydrogens (tertiary/aromatic N) is 3. The van der Waals surface area contributed by atoms with Gasteiger partial charge in [-0.05, 0) is 56.0 Å². The lowest BCUT2D eigenvalue weighted by Gasteiger charge is -2.32. The molecular weight excluding hydrogens is 485 g/mol. The fourth-order valence-electron chi connectivity index (χ4n) is 5.07. The van der Waals surface area contributed by atoms with Crippen LogP contribution in [0, 0.1) is 5.82 Å². The first-order valence-corrected chi connectivity index (χ1v) is 13.1. The molecule has 1 saturated heterocycles. The Bertz CT molecular complexity index is 1410. The zero-order chi connectivity index (χ0) is 26.5. The molecule has 1 aliphatic heterocycles. The quantitative estimate of drug-likeness (QED) is 0.250. The van der Waals surface area contributed by atoms with Crippen molar-refractivity contribution in [2.24, 2.45) is 0 Å². The molecule has 1 fully saturated rings. The van der Waals surface area contributed by atoms with E-state index in [9.17, 15) is 9.18 Å². The Morgan fingerprint density at radius 3 is 2.76 bits per heavy atom. The summed E-state index contributed by atoms with van der Waals surface area (Å²) in [4.78, 5) is 22.7. The Hall–Kier alpha value is -3.78. The number of halogens is 1. The third-order valence-electron chi connectivity index (χ3n) is 7.04. The van der Waals surface area contributed by atoms with E-state index in [2.05, 4.69) is 14.9 Å². The highest BCUT2D eigenvalue weighted by molar-refractivity contribution is 6.03. The number of rotatable bonds is 9. The van der Waals surface area contributed by atoms with E-state index in [-0.39, 0.29) is 17.9 Å². The molecule has 0 N–H and O–H groups in total. The van der Waals surface area contributed by atoms with Crippen LogP contribution in [0.4, 0.5) is 4.39 Å². The van der Waals surface area contributed by atoms with Crippen molar-refractivity contribution in [3.8, 4) is 28.3 Å². The molecule has 1 aliphatic rings. The van der Waals surface area contributed by atoms with Crippen molar-refractivity contribution in [1.82, 2.24) is 14.9 Å². The number of esters is 1. The lowest BCUT2D eigenvalue weighted by atomic mass is 9.97. The largest absolute Gasteiger partial charge is 0.472 e. The topological polar surface area (TPSA) is 77.7 Å². The van der Waals surface area contributed by atoms with Crippen molar-refractivity contribution in [3.63, 3.8) is 0 Å². The average molecular weight is 518 g/mol. The Labute approximate surface area is 221 Å². The Morgan fingerprint density at radius 1 is 1.16 bits per heavy atom. The van der Waals surface area contributed by atoms with Crippen LogP contribution in [0.25, 0.3) is 33.6 Å². The highest BCUT2D eigenvalue weighted by atomic mass is 19.1. The standard InChI is InChI=1S/C30H32FN3O4/c1-3-20-13-14-22(17-24(20)31)26-27-29(32-19-33-30(27)38-28(26)21-9-5-4-6-10-21)37-23-11-7-15-34(18-23)16-8-12-25(35)36-2/h4-6,9-10,13-14,17,19,23H,3,7-8,11-12,15-16,18H2,1-2H3/t23-/m1/s1. The molecule has 8 heteroatoms. The molecule has 0 amide bonds. The predicted molar refractivity (Wildman–Crippen MR) is 143 cm³/mol. The van der Waals surface area contributed by atoms with Crippen LogP contribution in [-0.2, 0) is 16.0 Å². The Kier molecular flexibility index (Phi) is 7.98. The van der Waals surface area contributed by atoms with Gasteiger partial charge in [0.25, 0.3) is 0 Å². The van der Waals surface area contributed by atoms with Gasteiger partial charge in [-0.2, -0.15) is 0 Å². The molecule has 0 radical (unpaired) electrons. The number of aromatic nitrogens is 2. The van der Waals surface area contributed by atoms with E-state index >= 15 is 0 Å². The number of carbonyl (C=O) groups is 1. The summed E-state index contributed by atoms with van der Waals surface area (Å²) < 4.78 is 32.5. The maximum absolute atomic E-state index is 14.9. The van der Waals surface area contributed by atoms with E-state index in [1.807, 2.05) is 49.4 Å². The first-order chi connectivity index (χ1) is 18.6. The maximum atomic E-state index is 14.9. The van der Waals surface area contributed by atoms with Crippen LogP contribution < -0.4 is 4.74 Å². The van der Waals surface area contributed by atoms with Gasteiger partial charge in [-0.15, -0.1) is 0 Å². The van der Waals surface area contributed by atoms with Gasteiger partial charge in [0.1, 0.15) is 29.4 Å². The normalized spacial score (nSPS) is 16.0. The molecule has 198 valence electrons. The molecule has 38 heavy (non-hydrogen) atoms. The summed E-state index contributed by atoms with van der Waals surface area (Å²) in [6, 6.07) is 15.0. The van der Waals surface area contributed by atoms with Crippen molar-refractivity contribution in [1.29, 1.82) is 0 Å². The molecule has 7 nitrogen and oxygen atoms in total. The van der Waals surface area contributed by atoms with Gasteiger partial charge >= 0.3 is 5.97 Å². The lowest BCUT2D eigenvalue weighted by molar-refractivity contribution is -0.140. The lowest BCUT2D eigenvalue weighted by Crippen LogP contribution is -2.41. The van der Waals surface area contributed by atoms with E-state index in [0.29, 0.717) is 52.3 Å². The number of ether oxygens (including phenoxy) is 2. The minimum atomic E-state index is -0.257. The fraction of sp³-hybridized carbons (Fsp3) is 0.367. The second kappa shape index (κ2) is 11.7. The van der Waals surface area contributed by atoms with E-state index in [0.717, 1.165) is 44.5 Å². The molecule has 0 saturated carbocycles. The molecule has 4 aromatic rings. The van der Waals surface area contributed by atoms with Crippen LogP contribution in [0.1, 0.15) is 38.2 Å². The molecule has 0 unspecified atom stereocenters. The van der Waals surface area contributed by atoms with Crippen molar-refractivity contribution in [3.05, 3.63) is 66.2 Å². The number of carbonyl (C=O) groups excluding carboxylic acids is 1. The van der Waals surface area contributed by atoms with Gasteiger partial charge < -0.3 is 13.9 Å². The van der Waals surface area contributed by atoms with Crippen molar-refractivity contribution < 1.29 is 23.1 Å². The van der Waals surface area contributed by atoms with Gasteiger partial charge in [-0.1, -0.05) is 49.4 Å². The number of hydrogen-bond acceptors (Lipinski definition) is 7. The predicted octanol–water partition coefficient (Wildman–Crippen LogP) is 6.05. The fourth-order valence-corrected chi connectivity index (χ4v) is 5.07. The number of benzene rings is 2. The summed E-state index contributed by atoms with van der Waals surface area (Å²) in [7, 11) is 1.41. The van der Waals surface area contributed by atoms with Crippen LogP contribution in [0.2, 0.25) is 0 Å². The van der Waals surface area contributed by atoms with Crippen LogP contribution in [0.5, 0.6) is 5.88 Å². The minimum Gasteiger partial charge on any atom is -0.472 e. The average Bonchev–Trinajstić information content (AvgIpc) is 3.34. The zero-order valence-electron chi connectivity index (χ0n) is 21.8. The maximum Gasteiger partial charge on any atom is 0.305 e. The van der Waals surface area contributed by atoms with Gasteiger partial charge in [0.15, 0.2) is 0 Å². The molecule has 3 heterocycles. The van der Waals surface area contributed by atoms with Crippen LogP contribution >= 0.6 is 0 Å². The second-order valence-corrected chi connectivity index (χ2v) is 9.55. The molecular formula is C30H32FN3O4. The summed E-state index contributed by atoms with van der Waals surface area (Å²) >= 11 is 0. The number of methoxy groups -OCH3 is 1. The third kappa shape index (κ3) is 5.55.